The van der Waals surface area contributed by atoms with Crippen LogP contribution in [0.4, 0.5) is 14.5 Å². The van der Waals surface area contributed by atoms with E-state index in [1.165, 1.54) is 12.1 Å². The molecule has 0 saturated carbocycles. The van der Waals surface area contributed by atoms with Crippen molar-refractivity contribution in [1.29, 1.82) is 0 Å². The molecule has 0 unspecified atom stereocenters. The largest absolute Gasteiger partial charge is 0.390 e. The number of fused-ring (bicyclic) bond motifs is 1. The van der Waals surface area contributed by atoms with E-state index in [0.29, 0.717) is 33.7 Å². The molecule has 2 aromatic carbocycles. The molecular formula is C28H22F2N4O2. The topological polar surface area (TPSA) is 79.5 Å². The number of nitrogens with zero attached hydrogens (tertiary/aromatic N) is 3. The lowest BCUT2D eigenvalue weighted by atomic mass is 10.0. The predicted octanol–water partition coefficient (Wildman–Crippen LogP) is 5.70. The highest BCUT2D eigenvalue weighted by Crippen LogP contribution is 2.33. The zero-order valence-corrected chi connectivity index (χ0v) is 19.6. The Labute approximate surface area is 205 Å². The van der Waals surface area contributed by atoms with E-state index in [2.05, 4.69) is 15.3 Å². The van der Waals surface area contributed by atoms with Gasteiger partial charge >= 0.3 is 0 Å². The van der Waals surface area contributed by atoms with Gasteiger partial charge in [0.15, 0.2) is 11.6 Å². The van der Waals surface area contributed by atoms with Crippen molar-refractivity contribution in [1.82, 2.24) is 14.4 Å². The predicted molar refractivity (Wildman–Crippen MR) is 134 cm³/mol. The molecular weight excluding hydrogens is 462 g/mol. The van der Waals surface area contributed by atoms with Gasteiger partial charge in [-0.05, 0) is 56.3 Å². The monoisotopic (exact) mass is 484 g/mol. The summed E-state index contributed by atoms with van der Waals surface area (Å²) in [5, 5.41) is 12.8. The van der Waals surface area contributed by atoms with E-state index < -0.39 is 18.2 Å². The molecule has 0 aliphatic carbocycles. The van der Waals surface area contributed by atoms with Gasteiger partial charge in [0.2, 0.25) is 0 Å². The molecule has 2 N–H and O–H groups in total. The number of hydrogen-bond acceptors (Lipinski definition) is 4. The van der Waals surface area contributed by atoms with Crippen LogP contribution in [0.2, 0.25) is 0 Å². The molecule has 0 fully saturated rings. The summed E-state index contributed by atoms with van der Waals surface area (Å²) >= 11 is 0. The first-order valence-electron chi connectivity index (χ1n) is 11.3. The number of amides is 1. The number of carbonyl (C=O) groups excluding carboxylic acids is 1. The summed E-state index contributed by atoms with van der Waals surface area (Å²) in [6, 6.07) is 16.6. The van der Waals surface area contributed by atoms with Gasteiger partial charge in [-0.2, -0.15) is 0 Å². The van der Waals surface area contributed by atoms with E-state index in [1.54, 1.807) is 41.9 Å². The van der Waals surface area contributed by atoms with Gasteiger partial charge in [0, 0.05) is 34.8 Å². The average molecular weight is 485 g/mol. The SMILES string of the molecule is Cc1ccc(NC(=O)c2cc(-c3cccn4c(-c5cccc(F)c5F)c(CO)nc34)cnc2C)cc1. The minimum absolute atomic E-state index is 0.0103. The van der Waals surface area contributed by atoms with Gasteiger partial charge in [0.25, 0.3) is 5.91 Å². The van der Waals surface area contributed by atoms with Gasteiger partial charge in [-0.3, -0.25) is 14.2 Å². The second-order valence-corrected chi connectivity index (χ2v) is 8.46. The number of halogens is 2. The van der Waals surface area contributed by atoms with Gasteiger partial charge in [-0.1, -0.05) is 23.8 Å². The van der Waals surface area contributed by atoms with Crippen molar-refractivity contribution in [2.45, 2.75) is 20.5 Å². The van der Waals surface area contributed by atoms with Crippen molar-refractivity contribution in [2.24, 2.45) is 0 Å². The van der Waals surface area contributed by atoms with E-state index in [-0.39, 0.29) is 22.9 Å². The summed E-state index contributed by atoms with van der Waals surface area (Å²) in [6.45, 7) is 3.25. The number of aliphatic hydroxyl groups is 1. The van der Waals surface area contributed by atoms with Crippen molar-refractivity contribution >= 4 is 17.2 Å². The smallest absolute Gasteiger partial charge is 0.257 e. The highest BCUT2D eigenvalue weighted by atomic mass is 19.2. The number of pyridine rings is 2. The third kappa shape index (κ3) is 4.12. The van der Waals surface area contributed by atoms with Crippen LogP contribution >= 0.6 is 0 Å². The molecule has 3 heterocycles. The van der Waals surface area contributed by atoms with E-state index >= 15 is 0 Å². The highest BCUT2D eigenvalue weighted by Gasteiger charge is 2.21. The van der Waals surface area contributed by atoms with Gasteiger partial charge in [0.1, 0.15) is 5.65 Å². The van der Waals surface area contributed by atoms with Crippen LogP contribution in [0.5, 0.6) is 0 Å². The minimum atomic E-state index is -1.02. The van der Waals surface area contributed by atoms with Gasteiger partial charge in [-0.25, -0.2) is 13.8 Å². The maximum atomic E-state index is 14.7. The summed E-state index contributed by atoms with van der Waals surface area (Å²) in [7, 11) is 0. The van der Waals surface area contributed by atoms with Crippen molar-refractivity contribution in [3.63, 3.8) is 0 Å². The summed E-state index contributed by atoms with van der Waals surface area (Å²) in [5.41, 5.74) is 4.78. The normalized spacial score (nSPS) is 11.1. The Bertz CT molecular complexity index is 1610. The second-order valence-electron chi connectivity index (χ2n) is 8.46. The van der Waals surface area contributed by atoms with Gasteiger partial charge < -0.3 is 10.4 Å². The van der Waals surface area contributed by atoms with E-state index in [1.807, 2.05) is 31.2 Å². The first-order chi connectivity index (χ1) is 17.4. The first-order valence-corrected chi connectivity index (χ1v) is 11.3. The number of aryl methyl sites for hydroxylation is 2. The molecule has 36 heavy (non-hydrogen) atoms. The fraction of sp³-hybridized carbons (Fsp3) is 0.107. The number of aliphatic hydroxyl groups excluding tert-OH is 1. The fourth-order valence-corrected chi connectivity index (χ4v) is 4.17. The van der Waals surface area contributed by atoms with Crippen molar-refractivity contribution in [3.05, 3.63) is 107 Å². The minimum Gasteiger partial charge on any atom is -0.390 e. The zero-order valence-electron chi connectivity index (χ0n) is 19.6. The molecule has 180 valence electrons. The van der Waals surface area contributed by atoms with Gasteiger partial charge in [-0.15, -0.1) is 0 Å². The molecule has 5 rings (SSSR count). The molecule has 0 aliphatic heterocycles. The molecule has 3 aromatic heterocycles. The number of imidazole rings is 1. The third-order valence-electron chi connectivity index (χ3n) is 6.03. The number of benzene rings is 2. The molecule has 0 bridgehead atoms. The van der Waals surface area contributed by atoms with Crippen LogP contribution in [0, 0.1) is 25.5 Å². The van der Waals surface area contributed by atoms with Crippen LogP contribution in [0.25, 0.3) is 28.0 Å². The lowest BCUT2D eigenvalue weighted by molar-refractivity contribution is 0.102. The molecule has 0 radical (unpaired) electrons. The number of hydrogen-bond donors (Lipinski definition) is 2. The summed E-state index contributed by atoms with van der Waals surface area (Å²) < 4.78 is 30.2. The Morgan fingerprint density at radius 3 is 2.53 bits per heavy atom. The van der Waals surface area contributed by atoms with Gasteiger partial charge in [0.05, 0.1) is 29.3 Å². The lowest BCUT2D eigenvalue weighted by Gasteiger charge is -2.11. The molecule has 1 amide bonds. The second kappa shape index (κ2) is 9.31. The van der Waals surface area contributed by atoms with Crippen LogP contribution in [0.3, 0.4) is 0 Å². The van der Waals surface area contributed by atoms with Crippen molar-refractivity contribution in [2.75, 3.05) is 5.32 Å². The van der Waals surface area contributed by atoms with Crippen LogP contribution in [-0.4, -0.2) is 25.4 Å². The van der Waals surface area contributed by atoms with Crippen LogP contribution in [0.15, 0.2) is 73.1 Å². The standard InChI is InChI=1S/C28H22F2N4O2/c1-16-8-10-19(11-9-16)32-28(36)22-13-18(14-31-17(22)2)20-6-4-12-34-26(24(15-35)33-27(20)34)21-5-3-7-23(29)25(21)30/h3-14,35H,15H2,1-2H3,(H,32,36). The molecule has 0 spiro atoms. The Morgan fingerprint density at radius 2 is 1.78 bits per heavy atom. The highest BCUT2D eigenvalue weighted by molar-refractivity contribution is 6.05. The van der Waals surface area contributed by atoms with Crippen LogP contribution in [0.1, 0.15) is 27.3 Å². The van der Waals surface area contributed by atoms with E-state index in [0.717, 1.165) is 11.6 Å². The molecule has 0 aliphatic rings. The number of aromatic nitrogens is 3. The summed E-state index contributed by atoms with van der Waals surface area (Å²) in [4.78, 5) is 22.0. The Balaban J connectivity index is 1.61. The fourth-order valence-electron chi connectivity index (χ4n) is 4.17. The lowest BCUT2D eigenvalue weighted by Crippen LogP contribution is -2.14. The van der Waals surface area contributed by atoms with E-state index in [9.17, 15) is 18.7 Å². The van der Waals surface area contributed by atoms with Crippen molar-refractivity contribution < 1.29 is 18.7 Å². The summed E-state index contributed by atoms with van der Waals surface area (Å²) in [5.74, 6) is -2.32. The Kier molecular flexibility index (Phi) is 6.03. The molecule has 6 nitrogen and oxygen atoms in total. The number of carbonyl (C=O) groups is 1. The molecule has 0 saturated heterocycles. The Hall–Kier alpha value is -4.43. The van der Waals surface area contributed by atoms with Crippen molar-refractivity contribution in [3.8, 4) is 22.4 Å². The van der Waals surface area contributed by atoms with E-state index in [4.69, 9.17) is 0 Å². The van der Waals surface area contributed by atoms with Crippen LogP contribution < -0.4 is 5.32 Å². The zero-order chi connectivity index (χ0) is 25.4. The summed E-state index contributed by atoms with van der Waals surface area (Å²) in [6.07, 6.45) is 3.29. The maximum absolute atomic E-state index is 14.7. The number of nitrogens with one attached hydrogen (secondary N) is 1. The Morgan fingerprint density at radius 1 is 1.03 bits per heavy atom. The quantitative estimate of drug-likeness (QED) is 0.335. The molecule has 8 heteroatoms. The number of anilines is 1. The maximum Gasteiger partial charge on any atom is 0.257 e. The molecule has 0 atom stereocenters. The molecule has 5 aromatic rings. The number of rotatable bonds is 5. The average Bonchev–Trinajstić information content (AvgIpc) is 3.26. The third-order valence-corrected chi connectivity index (χ3v) is 6.03. The first kappa shape index (κ1) is 23.3. The van der Waals surface area contributed by atoms with Crippen LogP contribution in [-0.2, 0) is 6.61 Å².